The first-order valence-electron chi connectivity index (χ1n) is 3.87. The van der Waals surface area contributed by atoms with E-state index in [0.717, 1.165) is 6.42 Å². The predicted octanol–water partition coefficient (Wildman–Crippen LogP) is 1.01. The molecule has 1 aliphatic carbocycles. The van der Waals surface area contributed by atoms with E-state index in [2.05, 4.69) is 0 Å². The van der Waals surface area contributed by atoms with Gasteiger partial charge in [0.1, 0.15) is 0 Å². The van der Waals surface area contributed by atoms with Gasteiger partial charge in [0.2, 0.25) is 0 Å². The molecule has 1 saturated carbocycles. The van der Waals surface area contributed by atoms with Gasteiger partial charge in [-0.05, 0) is 25.7 Å². The Morgan fingerprint density at radius 3 is 2.17 bits per heavy atom. The predicted molar refractivity (Wildman–Crippen MR) is 41.6 cm³/mol. The van der Waals surface area contributed by atoms with Crippen LogP contribution in [0.25, 0.3) is 0 Å². The molecule has 72 valence electrons. The van der Waals surface area contributed by atoms with Crippen molar-refractivity contribution in [3.8, 4) is 0 Å². The highest BCUT2D eigenvalue weighted by molar-refractivity contribution is 7.83. The fourth-order valence-corrected chi connectivity index (χ4v) is 2.11. The van der Waals surface area contributed by atoms with Crippen LogP contribution in [0.15, 0.2) is 0 Å². The zero-order valence-corrected chi connectivity index (χ0v) is 7.40. The molecule has 1 fully saturated rings. The second-order valence-corrected chi connectivity index (χ2v) is 4.26. The number of halogens is 1. The standard InChI is InChI=1S/C6H12FNO3S/c7-6(8-12(9,10)11)4-2-1-3-5-6/h8H,1-5H2,(H,9,10,11). The van der Waals surface area contributed by atoms with Gasteiger partial charge in [0.05, 0.1) is 0 Å². The number of alkyl halides is 1. The number of rotatable bonds is 2. The van der Waals surface area contributed by atoms with Crippen LogP contribution in [0.3, 0.4) is 0 Å². The van der Waals surface area contributed by atoms with Gasteiger partial charge in [-0.3, -0.25) is 4.55 Å². The topological polar surface area (TPSA) is 66.4 Å². The minimum absolute atomic E-state index is 0.146. The second kappa shape index (κ2) is 3.27. The third kappa shape index (κ3) is 3.04. The van der Waals surface area contributed by atoms with Crippen LogP contribution >= 0.6 is 0 Å². The smallest absolute Gasteiger partial charge is 0.273 e. The molecule has 0 spiro atoms. The molecular weight excluding hydrogens is 185 g/mol. The third-order valence-corrected chi connectivity index (χ3v) is 2.58. The van der Waals surface area contributed by atoms with Crippen molar-refractivity contribution in [1.82, 2.24) is 4.72 Å². The molecular formula is C6H12FNO3S. The van der Waals surface area contributed by atoms with Crippen molar-refractivity contribution in [2.75, 3.05) is 0 Å². The van der Waals surface area contributed by atoms with Gasteiger partial charge in [-0.15, -0.1) is 0 Å². The third-order valence-electron chi connectivity index (χ3n) is 1.96. The normalized spacial score (nSPS) is 23.8. The van der Waals surface area contributed by atoms with Gasteiger partial charge in [-0.2, -0.15) is 13.1 Å². The highest BCUT2D eigenvalue weighted by atomic mass is 32.2. The van der Waals surface area contributed by atoms with Gasteiger partial charge >= 0.3 is 10.3 Å². The average Bonchev–Trinajstić information content (AvgIpc) is 1.83. The van der Waals surface area contributed by atoms with E-state index in [-0.39, 0.29) is 12.8 Å². The van der Waals surface area contributed by atoms with Crippen molar-refractivity contribution >= 4 is 10.3 Å². The van der Waals surface area contributed by atoms with Crippen molar-refractivity contribution in [1.29, 1.82) is 0 Å². The molecule has 12 heavy (non-hydrogen) atoms. The van der Waals surface area contributed by atoms with E-state index in [1.165, 1.54) is 0 Å². The monoisotopic (exact) mass is 197 g/mol. The lowest BCUT2D eigenvalue weighted by Gasteiger charge is -2.28. The molecule has 1 rings (SSSR count). The van der Waals surface area contributed by atoms with Gasteiger partial charge in [-0.1, -0.05) is 6.42 Å². The van der Waals surface area contributed by atoms with Crippen molar-refractivity contribution in [3.05, 3.63) is 0 Å². The number of hydrogen-bond acceptors (Lipinski definition) is 2. The summed E-state index contributed by atoms with van der Waals surface area (Å²) >= 11 is 0. The summed E-state index contributed by atoms with van der Waals surface area (Å²) in [6.45, 7) is 0. The Labute approximate surface area is 71.0 Å². The molecule has 4 nitrogen and oxygen atoms in total. The minimum Gasteiger partial charge on any atom is -0.273 e. The summed E-state index contributed by atoms with van der Waals surface area (Å²) in [5.41, 5.74) is 0. The zero-order valence-electron chi connectivity index (χ0n) is 6.59. The summed E-state index contributed by atoms with van der Waals surface area (Å²) in [6, 6.07) is 0. The first-order chi connectivity index (χ1) is 5.41. The molecule has 0 atom stereocenters. The number of nitrogens with one attached hydrogen (secondary N) is 1. The molecule has 0 aliphatic heterocycles. The quantitative estimate of drug-likeness (QED) is 0.513. The van der Waals surface area contributed by atoms with E-state index in [0.29, 0.717) is 12.8 Å². The van der Waals surface area contributed by atoms with Gasteiger partial charge in [0.15, 0.2) is 5.79 Å². The average molecular weight is 197 g/mol. The first kappa shape index (κ1) is 9.88. The molecule has 0 bridgehead atoms. The lowest BCUT2D eigenvalue weighted by Crippen LogP contribution is -2.45. The molecule has 6 heteroatoms. The van der Waals surface area contributed by atoms with E-state index < -0.39 is 16.1 Å². The molecule has 0 heterocycles. The highest BCUT2D eigenvalue weighted by Gasteiger charge is 2.34. The van der Waals surface area contributed by atoms with Crippen LogP contribution in [0, 0.1) is 0 Å². The summed E-state index contributed by atoms with van der Waals surface area (Å²) in [4.78, 5) is 0. The molecule has 0 aromatic rings. The first-order valence-corrected chi connectivity index (χ1v) is 5.31. The minimum atomic E-state index is -4.41. The van der Waals surface area contributed by atoms with Crippen molar-refractivity contribution in [2.24, 2.45) is 0 Å². The van der Waals surface area contributed by atoms with Gasteiger partial charge in [-0.25, -0.2) is 4.39 Å². The van der Waals surface area contributed by atoms with Crippen molar-refractivity contribution in [2.45, 2.75) is 37.9 Å². The Morgan fingerprint density at radius 2 is 1.75 bits per heavy atom. The Morgan fingerprint density at radius 1 is 1.25 bits per heavy atom. The zero-order chi connectivity index (χ0) is 9.24. The molecule has 0 unspecified atom stereocenters. The van der Waals surface area contributed by atoms with Crippen LogP contribution in [-0.4, -0.2) is 18.8 Å². The summed E-state index contributed by atoms with van der Waals surface area (Å²) < 4.78 is 44.0. The lowest BCUT2D eigenvalue weighted by atomic mass is 9.94. The van der Waals surface area contributed by atoms with E-state index in [1.54, 1.807) is 4.72 Å². The van der Waals surface area contributed by atoms with Gasteiger partial charge in [0.25, 0.3) is 0 Å². The molecule has 0 radical (unpaired) electrons. The molecule has 0 aromatic heterocycles. The van der Waals surface area contributed by atoms with Crippen LogP contribution in [0.2, 0.25) is 0 Å². The maximum absolute atomic E-state index is 13.4. The van der Waals surface area contributed by atoms with E-state index in [1.807, 2.05) is 0 Å². The molecule has 0 amide bonds. The second-order valence-electron chi connectivity index (χ2n) is 3.10. The molecule has 0 saturated heterocycles. The van der Waals surface area contributed by atoms with E-state index >= 15 is 0 Å². The molecule has 2 N–H and O–H groups in total. The Hall–Kier alpha value is -0.200. The summed E-state index contributed by atoms with van der Waals surface area (Å²) in [6.07, 6.45) is 2.51. The van der Waals surface area contributed by atoms with Gasteiger partial charge < -0.3 is 0 Å². The SMILES string of the molecule is O=S(=O)(O)NC1(F)CCCCC1. The summed E-state index contributed by atoms with van der Waals surface area (Å²) in [5.74, 6) is -1.92. The fourth-order valence-electron chi connectivity index (χ4n) is 1.45. The van der Waals surface area contributed by atoms with Crippen LogP contribution < -0.4 is 4.72 Å². The van der Waals surface area contributed by atoms with Crippen LogP contribution in [0.1, 0.15) is 32.1 Å². The highest BCUT2D eigenvalue weighted by Crippen LogP contribution is 2.29. The summed E-state index contributed by atoms with van der Waals surface area (Å²) in [7, 11) is -4.41. The Bertz CT molecular complexity index is 246. The Kier molecular flexibility index (Phi) is 2.70. The molecule has 1 aliphatic rings. The van der Waals surface area contributed by atoms with Crippen molar-refractivity contribution in [3.63, 3.8) is 0 Å². The maximum atomic E-state index is 13.4. The Balaban J connectivity index is 2.59. The molecule has 0 aromatic carbocycles. The van der Waals surface area contributed by atoms with Crippen LogP contribution in [0.4, 0.5) is 4.39 Å². The van der Waals surface area contributed by atoms with E-state index in [4.69, 9.17) is 4.55 Å². The van der Waals surface area contributed by atoms with Gasteiger partial charge in [0, 0.05) is 0 Å². The fraction of sp³-hybridized carbons (Fsp3) is 1.00. The summed E-state index contributed by atoms with van der Waals surface area (Å²) in [5, 5.41) is 0. The lowest BCUT2D eigenvalue weighted by molar-refractivity contribution is 0.0912. The largest absolute Gasteiger partial charge is 0.335 e. The van der Waals surface area contributed by atoms with E-state index in [9.17, 15) is 12.8 Å². The van der Waals surface area contributed by atoms with Crippen LogP contribution in [0.5, 0.6) is 0 Å². The van der Waals surface area contributed by atoms with Crippen LogP contribution in [-0.2, 0) is 10.3 Å². The van der Waals surface area contributed by atoms with Crippen molar-refractivity contribution < 1.29 is 17.4 Å². The number of hydrogen-bond donors (Lipinski definition) is 2. The maximum Gasteiger partial charge on any atom is 0.335 e.